The molecule has 2 heteroatoms. The normalized spacial score (nSPS) is 11.2. The molecule has 0 amide bonds. The minimum atomic E-state index is 0. The lowest BCUT2D eigenvalue weighted by Gasteiger charge is -2.19. The summed E-state index contributed by atoms with van der Waals surface area (Å²) in [6.45, 7) is 11.3. The van der Waals surface area contributed by atoms with Crippen molar-refractivity contribution in [3.8, 4) is 0 Å². The second-order valence-corrected chi connectivity index (χ2v) is 10.4. The Morgan fingerprint density at radius 1 is 0.281 bits per heavy atom. The van der Waals surface area contributed by atoms with Crippen LogP contribution in [0.1, 0.15) is 175 Å². The number of quaternary nitrogens is 1. The first-order chi connectivity index (χ1) is 15.3. The molecule has 0 heterocycles. The van der Waals surface area contributed by atoms with E-state index < -0.39 is 0 Å². The maximum Gasteiger partial charge on any atom is 0.0770 e. The van der Waals surface area contributed by atoms with Gasteiger partial charge in [0.05, 0.1) is 19.6 Å². The van der Waals surface area contributed by atoms with Gasteiger partial charge in [-0.25, -0.2) is 0 Å². The van der Waals surface area contributed by atoms with Crippen LogP contribution in [-0.2, 0) is 0 Å². The first-order valence-electron chi connectivity index (χ1n) is 15.2. The maximum atomic E-state index is 2.33. The van der Waals surface area contributed by atoms with Crippen molar-refractivity contribution in [3.05, 3.63) is 0 Å². The molecule has 0 aromatic carbocycles. The Bertz CT molecular complexity index is 297. The molecule has 0 aliphatic rings. The summed E-state index contributed by atoms with van der Waals surface area (Å²) in [5, 5.41) is 0. The molecule has 1 N–H and O–H groups in total. The highest BCUT2D eigenvalue weighted by Gasteiger charge is 2.07. The Balaban J connectivity index is 0. The maximum absolute atomic E-state index is 2.33. The Morgan fingerprint density at radius 3 is 0.750 bits per heavy atom. The van der Waals surface area contributed by atoms with Crippen molar-refractivity contribution in [3.63, 3.8) is 0 Å². The highest BCUT2D eigenvalue weighted by molar-refractivity contribution is 4.50. The second kappa shape index (κ2) is 31.4. The van der Waals surface area contributed by atoms with Gasteiger partial charge in [-0.2, -0.15) is 0 Å². The zero-order chi connectivity index (χ0) is 22.7. The quantitative estimate of drug-likeness (QED) is 0.122. The monoisotopic (exact) mass is 517 g/mol. The number of hydrogen-bond acceptors (Lipinski definition) is 0. The second-order valence-electron chi connectivity index (χ2n) is 10.4. The van der Waals surface area contributed by atoms with Gasteiger partial charge in [-0.05, 0) is 38.5 Å². The molecule has 0 spiro atoms. The summed E-state index contributed by atoms with van der Waals surface area (Å²) in [7, 11) is 0. The number of rotatable bonds is 27. The fraction of sp³-hybridized carbons (Fsp3) is 1.00. The SMILES string of the molecule is CCCCCCCCCCCCCCCCCCCC[NH+](CCCCC)CCCCC.[Br-]. The van der Waals surface area contributed by atoms with Crippen molar-refractivity contribution in [1.82, 2.24) is 0 Å². The Morgan fingerprint density at radius 2 is 0.469 bits per heavy atom. The summed E-state index contributed by atoms with van der Waals surface area (Å²) >= 11 is 0. The van der Waals surface area contributed by atoms with Crippen LogP contribution in [0.2, 0.25) is 0 Å². The number of hydrogen-bond donors (Lipinski definition) is 1. The number of nitrogens with one attached hydrogen (secondary N) is 1. The predicted octanol–water partition coefficient (Wildman–Crippen LogP) is 6.30. The summed E-state index contributed by atoms with van der Waals surface area (Å²) < 4.78 is 0. The van der Waals surface area contributed by atoms with Crippen LogP contribution in [0.3, 0.4) is 0 Å². The third-order valence-electron chi connectivity index (χ3n) is 7.15. The molecular weight excluding hydrogens is 454 g/mol. The third kappa shape index (κ3) is 28.5. The number of unbranched alkanes of at least 4 members (excludes halogenated alkanes) is 21. The van der Waals surface area contributed by atoms with Gasteiger partial charge in [-0.1, -0.05) is 136 Å². The molecule has 0 aliphatic carbocycles. The van der Waals surface area contributed by atoms with Crippen molar-refractivity contribution in [2.75, 3.05) is 19.6 Å². The van der Waals surface area contributed by atoms with Gasteiger partial charge in [-0.3, -0.25) is 0 Å². The first kappa shape index (κ1) is 34.6. The Hall–Kier alpha value is 0.440. The van der Waals surface area contributed by atoms with Gasteiger partial charge in [0.25, 0.3) is 0 Å². The van der Waals surface area contributed by atoms with Gasteiger partial charge in [-0.15, -0.1) is 0 Å². The summed E-state index contributed by atoms with van der Waals surface area (Å²) in [6.07, 6.45) is 35.0. The molecule has 0 aliphatic heterocycles. The lowest BCUT2D eigenvalue weighted by atomic mass is 10.0. The van der Waals surface area contributed by atoms with Gasteiger partial charge in [0.1, 0.15) is 0 Å². The molecule has 196 valence electrons. The average molecular weight is 519 g/mol. The molecular formula is C30H64BrN. The van der Waals surface area contributed by atoms with Crippen LogP contribution < -0.4 is 21.9 Å². The van der Waals surface area contributed by atoms with E-state index >= 15 is 0 Å². The summed E-state index contributed by atoms with van der Waals surface area (Å²) in [6, 6.07) is 0. The van der Waals surface area contributed by atoms with Gasteiger partial charge in [0.15, 0.2) is 0 Å². The summed E-state index contributed by atoms with van der Waals surface area (Å²) in [5.74, 6) is 0. The number of halogens is 1. The molecule has 0 aromatic rings. The van der Waals surface area contributed by atoms with Crippen LogP contribution in [0.5, 0.6) is 0 Å². The standard InChI is InChI=1S/C30H63N.BrH/c1-4-7-10-11-12-13-14-15-16-17-18-19-20-21-22-23-24-27-30-31(28-25-8-5-2)29-26-9-6-3;/h4-30H2,1-3H3;1H. The van der Waals surface area contributed by atoms with E-state index in [0.717, 1.165) is 0 Å². The van der Waals surface area contributed by atoms with Gasteiger partial charge >= 0.3 is 0 Å². The molecule has 32 heavy (non-hydrogen) atoms. The van der Waals surface area contributed by atoms with Crippen LogP contribution in [0, 0.1) is 0 Å². The molecule has 0 radical (unpaired) electrons. The van der Waals surface area contributed by atoms with E-state index in [2.05, 4.69) is 20.8 Å². The molecule has 0 aromatic heterocycles. The largest absolute Gasteiger partial charge is 1.00 e. The molecule has 0 rings (SSSR count). The molecule has 0 saturated heterocycles. The molecule has 0 unspecified atom stereocenters. The van der Waals surface area contributed by atoms with E-state index in [0.29, 0.717) is 0 Å². The lowest BCUT2D eigenvalue weighted by Crippen LogP contribution is -3.12. The zero-order valence-electron chi connectivity index (χ0n) is 23.0. The van der Waals surface area contributed by atoms with E-state index in [1.54, 1.807) is 0 Å². The van der Waals surface area contributed by atoms with Crippen molar-refractivity contribution >= 4 is 0 Å². The van der Waals surface area contributed by atoms with Crippen LogP contribution >= 0.6 is 0 Å². The van der Waals surface area contributed by atoms with E-state index in [9.17, 15) is 0 Å². The zero-order valence-corrected chi connectivity index (χ0v) is 24.6. The minimum absolute atomic E-state index is 0. The highest BCUT2D eigenvalue weighted by Crippen LogP contribution is 2.14. The minimum Gasteiger partial charge on any atom is -1.00 e. The average Bonchev–Trinajstić information content (AvgIpc) is 2.78. The third-order valence-corrected chi connectivity index (χ3v) is 7.15. The lowest BCUT2D eigenvalue weighted by molar-refractivity contribution is -0.900. The molecule has 0 bridgehead atoms. The van der Waals surface area contributed by atoms with Crippen molar-refractivity contribution < 1.29 is 21.9 Å². The van der Waals surface area contributed by atoms with Crippen LogP contribution in [0.25, 0.3) is 0 Å². The van der Waals surface area contributed by atoms with E-state index in [1.807, 2.05) is 4.90 Å². The van der Waals surface area contributed by atoms with E-state index in [1.165, 1.54) is 174 Å². The van der Waals surface area contributed by atoms with Gasteiger partial charge in [0, 0.05) is 0 Å². The van der Waals surface area contributed by atoms with Crippen molar-refractivity contribution in [2.24, 2.45) is 0 Å². The van der Waals surface area contributed by atoms with Crippen LogP contribution in [0.4, 0.5) is 0 Å². The van der Waals surface area contributed by atoms with Crippen molar-refractivity contribution in [1.29, 1.82) is 0 Å². The predicted molar refractivity (Wildman–Crippen MR) is 143 cm³/mol. The van der Waals surface area contributed by atoms with Crippen LogP contribution in [0.15, 0.2) is 0 Å². The first-order valence-corrected chi connectivity index (χ1v) is 15.2. The molecule has 0 atom stereocenters. The van der Waals surface area contributed by atoms with Gasteiger partial charge < -0.3 is 21.9 Å². The van der Waals surface area contributed by atoms with Gasteiger partial charge in [0.2, 0.25) is 0 Å². The smallest absolute Gasteiger partial charge is 0.0770 e. The highest BCUT2D eigenvalue weighted by atomic mass is 79.9. The van der Waals surface area contributed by atoms with E-state index in [-0.39, 0.29) is 17.0 Å². The van der Waals surface area contributed by atoms with Crippen molar-refractivity contribution in [2.45, 2.75) is 175 Å². The Labute approximate surface area is 216 Å². The van der Waals surface area contributed by atoms with E-state index in [4.69, 9.17) is 0 Å². The molecule has 1 nitrogen and oxygen atoms in total. The Kier molecular flexibility index (Phi) is 34.0. The fourth-order valence-corrected chi connectivity index (χ4v) is 4.90. The molecule has 0 saturated carbocycles. The topological polar surface area (TPSA) is 4.44 Å². The van der Waals surface area contributed by atoms with Crippen LogP contribution in [-0.4, -0.2) is 19.6 Å². The fourth-order valence-electron chi connectivity index (χ4n) is 4.90. The molecule has 0 fully saturated rings. The summed E-state index contributed by atoms with van der Waals surface area (Å²) in [4.78, 5) is 1.90. The summed E-state index contributed by atoms with van der Waals surface area (Å²) in [5.41, 5.74) is 0.